The van der Waals surface area contributed by atoms with Crippen LogP contribution in [-0.2, 0) is 27.1 Å². The summed E-state index contributed by atoms with van der Waals surface area (Å²) in [4.78, 5) is 14.4. The summed E-state index contributed by atoms with van der Waals surface area (Å²) in [5.41, 5.74) is 0.457. The highest BCUT2D eigenvalue weighted by atomic mass is 16.7. The van der Waals surface area contributed by atoms with Crippen molar-refractivity contribution in [2.24, 2.45) is 0 Å². The molecule has 1 amide bonds. The van der Waals surface area contributed by atoms with Gasteiger partial charge in [0.05, 0.1) is 36.0 Å². The lowest BCUT2D eigenvalue weighted by atomic mass is 9.79. The molecule has 1 aromatic rings. The third-order valence-corrected chi connectivity index (χ3v) is 5.41. The van der Waals surface area contributed by atoms with Crippen molar-refractivity contribution in [2.75, 3.05) is 0 Å². The summed E-state index contributed by atoms with van der Waals surface area (Å²) in [5.74, 6) is 0. The van der Waals surface area contributed by atoms with Gasteiger partial charge in [-0.1, -0.05) is 0 Å². The van der Waals surface area contributed by atoms with E-state index in [1.807, 2.05) is 60.1 Å². The van der Waals surface area contributed by atoms with Crippen LogP contribution in [-0.4, -0.2) is 50.7 Å². The predicted molar refractivity (Wildman–Crippen MR) is 99.2 cm³/mol. The fourth-order valence-electron chi connectivity index (χ4n) is 3.15. The summed E-state index contributed by atoms with van der Waals surface area (Å²) < 4.78 is 19.8. The Hall–Kier alpha value is -1.54. The SMILES string of the molecule is C[C@H]1Cn2ncc(B3OC(C)(C)C(C)(C)O3)c2CN1C(=O)OC(C)(C)C. The zero-order valence-electron chi connectivity index (χ0n) is 17.1. The highest BCUT2D eigenvalue weighted by Gasteiger charge is 2.53. The van der Waals surface area contributed by atoms with Gasteiger partial charge in [-0.05, 0) is 55.4 Å². The van der Waals surface area contributed by atoms with Crippen molar-refractivity contribution in [1.29, 1.82) is 0 Å². The molecule has 3 rings (SSSR count). The molecule has 0 aromatic carbocycles. The molecule has 1 saturated heterocycles. The van der Waals surface area contributed by atoms with Crippen LogP contribution in [0, 0.1) is 0 Å². The summed E-state index contributed by atoms with van der Waals surface area (Å²) in [7, 11) is -0.488. The molecule has 8 heteroatoms. The molecule has 2 aliphatic heterocycles. The Kier molecular flexibility index (Phi) is 4.43. The fraction of sp³-hybridized carbons (Fsp3) is 0.778. The Morgan fingerprint density at radius 1 is 1.27 bits per heavy atom. The van der Waals surface area contributed by atoms with Crippen molar-refractivity contribution < 1.29 is 18.8 Å². The maximum Gasteiger partial charge on any atom is 0.498 e. The van der Waals surface area contributed by atoms with Crippen LogP contribution in [0.4, 0.5) is 4.79 Å². The lowest BCUT2D eigenvalue weighted by Gasteiger charge is -2.35. The van der Waals surface area contributed by atoms with E-state index in [0.717, 1.165) is 11.2 Å². The first-order valence-electron chi connectivity index (χ1n) is 9.20. The quantitative estimate of drug-likeness (QED) is 0.717. The molecule has 0 N–H and O–H groups in total. The Morgan fingerprint density at radius 2 is 1.85 bits per heavy atom. The third kappa shape index (κ3) is 3.36. The first-order chi connectivity index (χ1) is 11.8. The number of nitrogens with zero attached hydrogens (tertiary/aromatic N) is 3. The molecular weight excluding hydrogens is 333 g/mol. The minimum Gasteiger partial charge on any atom is -0.444 e. The van der Waals surface area contributed by atoms with Gasteiger partial charge in [0.15, 0.2) is 0 Å². The van der Waals surface area contributed by atoms with Gasteiger partial charge in [0.25, 0.3) is 0 Å². The van der Waals surface area contributed by atoms with E-state index in [2.05, 4.69) is 5.10 Å². The number of amides is 1. The molecule has 0 spiro atoms. The topological polar surface area (TPSA) is 65.8 Å². The summed E-state index contributed by atoms with van der Waals surface area (Å²) in [6.45, 7) is 16.8. The van der Waals surface area contributed by atoms with Crippen molar-refractivity contribution in [1.82, 2.24) is 14.7 Å². The van der Waals surface area contributed by atoms with Crippen molar-refractivity contribution in [3.8, 4) is 0 Å². The minimum absolute atomic E-state index is 0.00315. The Labute approximate surface area is 156 Å². The molecule has 26 heavy (non-hydrogen) atoms. The zero-order valence-corrected chi connectivity index (χ0v) is 17.1. The summed E-state index contributed by atoms with van der Waals surface area (Å²) in [6.07, 6.45) is 1.49. The summed E-state index contributed by atoms with van der Waals surface area (Å²) >= 11 is 0. The van der Waals surface area contributed by atoms with Gasteiger partial charge < -0.3 is 14.0 Å². The Morgan fingerprint density at radius 3 is 2.38 bits per heavy atom. The van der Waals surface area contributed by atoms with Crippen LogP contribution < -0.4 is 5.46 Å². The first-order valence-corrected chi connectivity index (χ1v) is 9.20. The molecular formula is C18H30BN3O4. The van der Waals surface area contributed by atoms with Gasteiger partial charge in [0, 0.05) is 11.7 Å². The molecule has 0 unspecified atom stereocenters. The average Bonchev–Trinajstić information content (AvgIpc) is 2.94. The minimum atomic E-state index is -0.525. The van der Waals surface area contributed by atoms with E-state index >= 15 is 0 Å². The van der Waals surface area contributed by atoms with Gasteiger partial charge in [-0.2, -0.15) is 5.10 Å². The molecule has 0 aliphatic carbocycles. The maximum atomic E-state index is 12.6. The fourth-order valence-corrected chi connectivity index (χ4v) is 3.15. The average molecular weight is 363 g/mol. The highest BCUT2D eigenvalue weighted by molar-refractivity contribution is 6.62. The van der Waals surface area contributed by atoms with E-state index in [1.54, 1.807) is 11.1 Å². The molecule has 3 heterocycles. The molecule has 7 nitrogen and oxygen atoms in total. The number of ether oxygens (including phenoxy) is 1. The van der Waals surface area contributed by atoms with Crippen molar-refractivity contribution >= 4 is 18.7 Å². The van der Waals surface area contributed by atoms with Gasteiger partial charge in [0.1, 0.15) is 5.60 Å². The molecule has 1 atom stereocenters. The molecule has 1 fully saturated rings. The summed E-state index contributed by atoms with van der Waals surface area (Å²) in [6, 6.07) is 0.00315. The van der Waals surface area contributed by atoms with Crippen molar-refractivity contribution in [2.45, 2.75) is 91.3 Å². The lowest BCUT2D eigenvalue weighted by Crippen LogP contribution is -2.49. The summed E-state index contributed by atoms with van der Waals surface area (Å²) in [5, 5.41) is 4.49. The second kappa shape index (κ2) is 5.99. The number of aromatic nitrogens is 2. The largest absolute Gasteiger partial charge is 0.498 e. The van der Waals surface area contributed by atoms with Crippen LogP contribution in [0.2, 0.25) is 0 Å². The number of fused-ring (bicyclic) bond motifs is 1. The smallest absolute Gasteiger partial charge is 0.444 e. The van der Waals surface area contributed by atoms with Crippen molar-refractivity contribution in [3.05, 3.63) is 11.9 Å². The number of hydrogen-bond donors (Lipinski definition) is 0. The lowest BCUT2D eigenvalue weighted by molar-refractivity contribution is 0.00578. The van der Waals surface area contributed by atoms with Crippen LogP contribution in [0.1, 0.15) is 61.1 Å². The van der Waals surface area contributed by atoms with Gasteiger partial charge in [-0.15, -0.1) is 0 Å². The standard InChI is InChI=1S/C18H30BN3O4/c1-12-10-22-14(11-21(12)15(23)24-16(2,3)4)13(9-20-22)19-25-17(5,6)18(7,8)26-19/h9,12H,10-11H2,1-8H3/t12-/m0/s1. The number of hydrogen-bond acceptors (Lipinski definition) is 5. The van der Waals surface area contributed by atoms with E-state index in [0.29, 0.717) is 13.1 Å². The van der Waals surface area contributed by atoms with E-state index < -0.39 is 23.9 Å². The first kappa shape index (κ1) is 19.2. The monoisotopic (exact) mass is 363 g/mol. The molecule has 0 radical (unpaired) electrons. The molecule has 2 aliphatic rings. The van der Waals surface area contributed by atoms with Gasteiger partial charge in [0.2, 0.25) is 0 Å². The molecule has 144 valence electrons. The van der Waals surface area contributed by atoms with E-state index in [1.165, 1.54) is 0 Å². The van der Waals surface area contributed by atoms with Gasteiger partial charge in [-0.3, -0.25) is 9.58 Å². The molecule has 0 saturated carbocycles. The number of rotatable bonds is 1. The second-order valence-electron chi connectivity index (χ2n) is 9.27. The van der Waals surface area contributed by atoms with Gasteiger partial charge in [-0.25, -0.2) is 4.79 Å². The second-order valence-corrected chi connectivity index (χ2v) is 9.27. The molecule has 1 aromatic heterocycles. The van der Waals surface area contributed by atoms with Crippen LogP contribution >= 0.6 is 0 Å². The molecule has 0 bridgehead atoms. The maximum absolute atomic E-state index is 12.6. The predicted octanol–water partition coefficient (Wildman–Crippen LogP) is 2.32. The third-order valence-electron chi connectivity index (χ3n) is 5.41. The van der Waals surface area contributed by atoms with Crippen molar-refractivity contribution in [3.63, 3.8) is 0 Å². The number of carbonyl (C=O) groups is 1. The van der Waals surface area contributed by atoms with E-state index in [-0.39, 0.29) is 12.1 Å². The Balaban J connectivity index is 1.85. The van der Waals surface area contributed by atoms with Crippen LogP contribution in [0.5, 0.6) is 0 Å². The zero-order chi connectivity index (χ0) is 19.5. The van der Waals surface area contributed by atoms with E-state index in [4.69, 9.17) is 14.0 Å². The number of carbonyl (C=O) groups excluding carboxylic acids is 1. The van der Waals surface area contributed by atoms with Gasteiger partial charge >= 0.3 is 13.2 Å². The Bertz CT molecular complexity index is 692. The van der Waals surface area contributed by atoms with Crippen LogP contribution in [0.25, 0.3) is 0 Å². The van der Waals surface area contributed by atoms with Crippen LogP contribution in [0.3, 0.4) is 0 Å². The normalized spacial score (nSPS) is 24.5. The van der Waals surface area contributed by atoms with E-state index in [9.17, 15) is 4.79 Å². The van der Waals surface area contributed by atoms with Crippen LogP contribution in [0.15, 0.2) is 6.20 Å². The highest BCUT2D eigenvalue weighted by Crippen LogP contribution is 2.37.